The van der Waals surface area contributed by atoms with Crippen LogP contribution in [-0.4, -0.2) is 34.7 Å². The minimum Gasteiger partial charge on any atom is -0.327 e. The van der Waals surface area contributed by atoms with Crippen LogP contribution in [-0.2, 0) is 14.4 Å². The lowest BCUT2D eigenvalue weighted by Gasteiger charge is -2.57. The van der Waals surface area contributed by atoms with Gasteiger partial charge in [0.2, 0.25) is 11.8 Å². The Kier molecular flexibility index (Phi) is 5.80. The molecule has 7 rings (SSSR count). The summed E-state index contributed by atoms with van der Waals surface area (Å²) in [6.07, 6.45) is 12.3. The lowest BCUT2D eigenvalue weighted by atomic mass is 9.49. The molecule has 6 fully saturated rings. The third kappa shape index (κ3) is 3.94. The van der Waals surface area contributed by atoms with Gasteiger partial charge in [-0.1, -0.05) is 45.2 Å². The van der Waals surface area contributed by atoms with Gasteiger partial charge >= 0.3 is 0 Å². The second-order valence-corrected chi connectivity index (χ2v) is 12.7. The number of amides is 3. The predicted octanol–water partition coefficient (Wildman–Crippen LogP) is 5.82. The standard InChI is InChI=1S/C30H40N2O3/c1-19(2)23-8-10-25(11-9-23)32-27(33)15-26(28(32)34)31(24-6-4-3-5-7-24)29(35)30-16-20-12-21(17-30)14-22(13-20)18-30/h8-11,19-22,24,26H,3-7,12-18H2,1-2H3. The number of carbonyl (C=O) groups excluding carboxylic acids is 3. The Morgan fingerprint density at radius 2 is 1.49 bits per heavy atom. The number of hydrogen-bond donors (Lipinski definition) is 0. The summed E-state index contributed by atoms with van der Waals surface area (Å²) < 4.78 is 0. The number of hydrogen-bond acceptors (Lipinski definition) is 3. The number of benzene rings is 1. The van der Waals surface area contributed by atoms with Crippen LogP contribution >= 0.6 is 0 Å². The van der Waals surface area contributed by atoms with Gasteiger partial charge in [0.15, 0.2) is 0 Å². The molecule has 5 saturated carbocycles. The highest BCUT2D eigenvalue weighted by Gasteiger charge is 2.58. The molecule has 4 bridgehead atoms. The summed E-state index contributed by atoms with van der Waals surface area (Å²) in [5.74, 6) is 2.27. The Morgan fingerprint density at radius 3 is 2.03 bits per heavy atom. The molecule has 1 aromatic rings. The van der Waals surface area contributed by atoms with Crippen LogP contribution < -0.4 is 4.90 Å². The first kappa shape index (κ1) is 23.2. The van der Waals surface area contributed by atoms with Gasteiger partial charge in [0, 0.05) is 6.04 Å². The highest BCUT2D eigenvalue weighted by atomic mass is 16.2. The summed E-state index contributed by atoms with van der Waals surface area (Å²) in [6, 6.07) is 7.24. The maximum atomic E-state index is 14.5. The number of nitrogens with zero attached hydrogens (tertiary/aromatic N) is 2. The van der Waals surface area contributed by atoms with E-state index in [1.807, 2.05) is 29.2 Å². The van der Waals surface area contributed by atoms with Gasteiger partial charge in [0.25, 0.3) is 5.91 Å². The summed E-state index contributed by atoms with van der Waals surface area (Å²) in [4.78, 5) is 45.0. The molecule has 188 valence electrons. The molecule has 35 heavy (non-hydrogen) atoms. The Morgan fingerprint density at radius 1 is 0.914 bits per heavy atom. The molecule has 0 spiro atoms. The second kappa shape index (κ2) is 8.74. The van der Waals surface area contributed by atoms with Crippen molar-refractivity contribution in [3.63, 3.8) is 0 Å². The molecule has 5 nitrogen and oxygen atoms in total. The third-order valence-corrected chi connectivity index (χ3v) is 9.97. The van der Waals surface area contributed by atoms with Gasteiger partial charge in [-0.2, -0.15) is 0 Å². The zero-order chi connectivity index (χ0) is 24.3. The molecule has 6 aliphatic rings. The van der Waals surface area contributed by atoms with Crippen LogP contribution in [0.25, 0.3) is 0 Å². The van der Waals surface area contributed by atoms with E-state index in [0.29, 0.717) is 29.4 Å². The van der Waals surface area contributed by atoms with Gasteiger partial charge in [-0.05, 0) is 92.7 Å². The van der Waals surface area contributed by atoms with Crippen LogP contribution in [0.3, 0.4) is 0 Å². The van der Waals surface area contributed by atoms with Crippen LogP contribution in [0.2, 0.25) is 0 Å². The average molecular weight is 477 g/mol. The second-order valence-electron chi connectivity index (χ2n) is 12.7. The summed E-state index contributed by atoms with van der Waals surface area (Å²) in [5, 5.41) is 0. The zero-order valence-corrected chi connectivity index (χ0v) is 21.4. The molecule has 1 aromatic carbocycles. The lowest BCUT2D eigenvalue weighted by Crippen LogP contribution is -2.60. The predicted molar refractivity (Wildman–Crippen MR) is 136 cm³/mol. The molecule has 1 unspecified atom stereocenters. The number of imide groups is 1. The Labute approximate surface area is 209 Å². The van der Waals surface area contributed by atoms with Crippen LogP contribution in [0.4, 0.5) is 5.69 Å². The first-order valence-corrected chi connectivity index (χ1v) is 14.1. The van der Waals surface area contributed by atoms with Crippen molar-refractivity contribution in [2.45, 2.75) is 109 Å². The van der Waals surface area contributed by atoms with Crippen molar-refractivity contribution in [1.82, 2.24) is 4.90 Å². The van der Waals surface area contributed by atoms with Gasteiger partial charge in [-0.3, -0.25) is 14.4 Å². The molecule has 3 amide bonds. The molecule has 1 saturated heterocycles. The molecule has 1 heterocycles. The summed E-state index contributed by atoms with van der Waals surface area (Å²) in [6.45, 7) is 4.27. The smallest absolute Gasteiger partial charge is 0.257 e. The van der Waals surface area contributed by atoms with E-state index in [2.05, 4.69) is 13.8 Å². The van der Waals surface area contributed by atoms with E-state index < -0.39 is 6.04 Å². The van der Waals surface area contributed by atoms with Gasteiger partial charge in [-0.25, -0.2) is 4.90 Å². The minimum atomic E-state index is -0.643. The van der Waals surface area contributed by atoms with E-state index >= 15 is 0 Å². The molecule has 0 aromatic heterocycles. The summed E-state index contributed by atoms with van der Waals surface area (Å²) in [7, 11) is 0. The quantitative estimate of drug-likeness (QED) is 0.503. The van der Waals surface area contributed by atoms with Crippen LogP contribution in [0.5, 0.6) is 0 Å². The van der Waals surface area contributed by atoms with Gasteiger partial charge in [-0.15, -0.1) is 0 Å². The molecule has 5 heteroatoms. The first-order valence-electron chi connectivity index (χ1n) is 14.1. The van der Waals surface area contributed by atoms with Gasteiger partial charge < -0.3 is 4.90 Å². The van der Waals surface area contributed by atoms with E-state index in [1.54, 1.807) is 0 Å². The van der Waals surface area contributed by atoms with E-state index in [0.717, 1.165) is 44.9 Å². The van der Waals surface area contributed by atoms with E-state index in [1.165, 1.54) is 36.1 Å². The molecule has 0 radical (unpaired) electrons. The lowest BCUT2D eigenvalue weighted by molar-refractivity contribution is -0.165. The molecule has 5 aliphatic carbocycles. The molecular formula is C30H40N2O3. The first-order chi connectivity index (χ1) is 16.8. The minimum absolute atomic E-state index is 0.0919. The Bertz CT molecular complexity index is 972. The maximum absolute atomic E-state index is 14.5. The third-order valence-electron chi connectivity index (χ3n) is 9.97. The topological polar surface area (TPSA) is 57.7 Å². The van der Waals surface area contributed by atoms with Crippen molar-refractivity contribution in [3.8, 4) is 0 Å². The monoisotopic (exact) mass is 476 g/mol. The molecule has 1 atom stereocenters. The summed E-state index contributed by atoms with van der Waals surface area (Å²) >= 11 is 0. The van der Waals surface area contributed by atoms with Gasteiger partial charge in [0.1, 0.15) is 6.04 Å². The maximum Gasteiger partial charge on any atom is 0.257 e. The fourth-order valence-corrected chi connectivity index (χ4v) is 8.68. The van der Waals surface area contributed by atoms with Crippen molar-refractivity contribution >= 4 is 23.4 Å². The largest absolute Gasteiger partial charge is 0.327 e. The Balaban J connectivity index is 1.31. The average Bonchev–Trinajstić information content (AvgIpc) is 3.12. The van der Waals surface area contributed by atoms with Crippen molar-refractivity contribution in [1.29, 1.82) is 0 Å². The fraction of sp³-hybridized carbons (Fsp3) is 0.700. The fourth-order valence-electron chi connectivity index (χ4n) is 8.68. The molecule has 0 N–H and O–H groups in total. The molecule has 1 aliphatic heterocycles. The summed E-state index contributed by atoms with van der Waals surface area (Å²) in [5.41, 5.74) is 1.53. The number of rotatable bonds is 5. The number of carbonyl (C=O) groups is 3. The van der Waals surface area contributed by atoms with Gasteiger partial charge in [0.05, 0.1) is 17.5 Å². The van der Waals surface area contributed by atoms with Crippen LogP contribution in [0.1, 0.15) is 102 Å². The van der Waals surface area contributed by atoms with E-state index in [9.17, 15) is 14.4 Å². The van der Waals surface area contributed by atoms with E-state index in [4.69, 9.17) is 0 Å². The molecular weight excluding hydrogens is 436 g/mol. The SMILES string of the molecule is CC(C)c1ccc(N2C(=O)CC(N(C(=O)C34CC5CC(CC(C5)C3)C4)C3CCCCC3)C2=O)cc1. The van der Waals surface area contributed by atoms with Crippen LogP contribution in [0.15, 0.2) is 24.3 Å². The van der Waals surface area contributed by atoms with Crippen LogP contribution in [0, 0.1) is 23.2 Å². The number of anilines is 1. The van der Waals surface area contributed by atoms with Crippen molar-refractivity contribution in [3.05, 3.63) is 29.8 Å². The van der Waals surface area contributed by atoms with Crippen molar-refractivity contribution in [2.75, 3.05) is 4.90 Å². The van der Waals surface area contributed by atoms with E-state index in [-0.39, 0.29) is 35.6 Å². The highest BCUT2D eigenvalue weighted by molar-refractivity contribution is 6.23. The normalized spacial score (nSPS) is 34.8. The van der Waals surface area contributed by atoms with Crippen molar-refractivity contribution in [2.24, 2.45) is 23.2 Å². The highest BCUT2D eigenvalue weighted by Crippen LogP contribution is 2.61. The zero-order valence-electron chi connectivity index (χ0n) is 21.4. The van der Waals surface area contributed by atoms with Crippen molar-refractivity contribution < 1.29 is 14.4 Å². The Hall–Kier alpha value is -2.17.